The van der Waals surface area contributed by atoms with Gasteiger partial charge in [-0.1, -0.05) is 22.9 Å². The number of rotatable bonds is 2. The van der Waals surface area contributed by atoms with Crippen LogP contribution in [0.3, 0.4) is 0 Å². The largest absolute Gasteiger partial charge is 0.354 e. The Balaban J connectivity index is 1.98. The fraction of sp³-hybridized carbons (Fsp3) is 0.273. The second kappa shape index (κ2) is 3.72. The van der Waals surface area contributed by atoms with Crippen molar-refractivity contribution in [1.82, 2.24) is 5.23 Å². The SMILES string of the molecule is Cc1ccc(ON2C=CC(C)O2)cc1. The van der Waals surface area contributed by atoms with Crippen LogP contribution in [-0.2, 0) is 4.84 Å². The Hall–Kier alpha value is -1.48. The number of hydrogen-bond donors (Lipinski definition) is 0. The molecule has 0 aromatic heterocycles. The van der Waals surface area contributed by atoms with E-state index in [0.29, 0.717) is 0 Å². The molecule has 0 spiro atoms. The Morgan fingerprint density at radius 1 is 1.29 bits per heavy atom. The van der Waals surface area contributed by atoms with E-state index in [1.165, 1.54) is 10.8 Å². The molecular formula is C11H13NO2. The fourth-order valence-electron chi connectivity index (χ4n) is 1.18. The van der Waals surface area contributed by atoms with E-state index in [1.54, 1.807) is 6.20 Å². The van der Waals surface area contributed by atoms with Gasteiger partial charge >= 0.3 is 0 Å². The average molecular weight is 191 g/mol. The van der Waals surface area contributed by atoms with E-state index in [4.69, 9.17) is 9.68 Å². The highest BCUT2D eigenvalue weighted by molar-refractivity contribution is 5.26. The Morgan fingerprint density at radius 2 is 2.00 bits per heavy atom. The van der Waals surface area contributed by atoms with Crippen molar-refractivity contribution < 1.29 is 9.68 Å². The van der Waals surface area contributed by atoms with Crippen molar-refractivity contribution in [2.75, 3.05) is 0 Å². The molecule has 1 aromatic carbocycles. The number of nitrogens with zero attached hydrogens (tertiary/aromatic N) is 1. The molecule has 1 aromatic rings. The van der Waals surface area contributed by atoms with Crippen LogP contribution in [0.15, 0.2) is 36.5 Å². The van der Waals surface area contributed by atoms with Crippen LogP contribution in [0.4, 0.5) is 0 Å². The summed E-state index contributed by atoms with van der Waals surface area (Å²) in [4.78, 5) is 10.7. The lowest BCUT2D eigenvalue weighted by molar-refractivity contribution is -0.281. The Kier molecular flexibility index (Phi) is 2.41. The molecule has 0 N–H and O–H groups in total. The summed E-state index contributed by atoms with van der Waals surface area (Å²) in [6, 6.07) is 7.82. The van der Waals surface area contributed by atoms with Crippen molar-refractivity contribution in [2.45, 2.75) is 20.0 Å². The topological polar surface area (TPSA) is 21.7 Å². The van der Waals surface area contributed by atoms with Crippen molar-refractivity contribution in [3.8, 4) is 5.75 Å². The summed E-state index contributed by atoms with van der Waals surface area (Å²) in [6.45, 7) is 3.99. The van der Waals surface area contributed by atoms with Gasteiger partial charge in [0.1, 0.15) is 6.10 Å². The smallest absolute Gasteiger partial charge is 0.158 e. The van der Waals surface area contributed by atoms with E-state index in [0.717, 1.165) is 5.75 Å². The molecule has 0 amide bonds. The van der Waals surface area contributed by atoms with Crippen molar-refractivity contribution in [1.29, 1.82) is 0 Å². The van der Waals surface area contributed by atoms with E-state index in [2.05, 4.69) is 0 Å². The van der Waals surface area contributed by atoms with Crippen LogP contribution in [0.2, 0.25) is 0 Å². The minimum atomic E-state index is 0.0837. The molecule has 2 rings (SSSR count). The van der Waals surface area contributed by atoms with E-state index >= 15 is 0 Å². The monoisotopic (exact) mass is 191 g/mol. The maximum absolute atomic E-state index is 5.43. The zero-order chi connectivity index (χ0) is 9.97. The molecule has 3 heteroatoms. The summed E-state index contributed by atoms with van der Waals surface area (Å²) in [5.41, 5.74) is 1.21. The van der Waals surface area contributed by atoms with E-state index in [-0.39, 0.29) is 6.10 Å². The third-order valence-electron chi connectivity index (χ3n) is 1.97. The third kappa shape index (κ3) is 2.06. The summed E-state index contributed by atoms with van der Waals surface area (Å²) in [7, 11) is 0. The van der Waals surface area contributed by atoms with Crippen molar-refractivity contribution >= 4 is 0 Å². The first-order valence-electron chi connectivity index (χ1n) is 4.63. The highest BCUT2D eigenvalue weighted by atomic mass is 17.0. The van der Waals surface area contributed by atoms with E-state index in [1.807, 2.05) is 44.2 Å². The fourth-order valence-corrected chi connectivity index (χ4v) is 1.18. The molecule has 0 bridgehead atoms. The first-order chi connectivity index (χ1) is 6.74. The van der Waals surface area contributed by atoms with Gasteiger partial charge in [-0.05, 0) is 32.1 Å². The Bertz CT molecular complexity index is 332. The minimum absolute atomic E-state index is 0.0837. The molecule has 3 nitrogen and oxygen atoms in total. The molecule has 0 radical (unpaired) electrons. The molecule has 14 heavy (non-hydrogen) atoms. The molecule has 74 valence electrons. The number of benzene rings is 1. The summed E-state index contributed by atoms with van der Waals surface area (Å²) in [5.74, 6) is 0.773. The molecule has 1 unspecified atom stereocenters. The minimum Gasteiger partial charge on any atom is -0.354 e. The lowest BCUT2D eigenvalue weighted by Gasteiger charge is -2.16. The predicted octanol–water partition coefficient (Wildman–Crippen LogP) is 2.44. The molecule has 1 heterocycles. The lowest BCUT2D eigenvalue weighted by Crippen LogP contribution is -2.20. The summed E-state index contributed by atoms with van der Waals surface area (Å²) >= 11 is 0. The molecule has 0 saturated carbocycles. The molecule has 1 atom stereocenters. The van der Waals surface area contributed by atoms with Gasteiger partial charge in [0.15, 0.2) is 5.75 Å². The van der Waals surface area contributed by atoms with Gasteiger partial charge in [-0.15, -0.1) is 0 Å². The number of aryl methyl sites for hydroxylation is 1. The molecule has 0 aliphatic carbocycles. The lowest BCUT2D eigenvalue weighted by atomic mass is 10.2. The zero-order valence-electron chi connectivity index (χ0n) is 8.31. The van der Waals surface area contributed by atoms with Gasteiger partial charge in [-0.25, -0.2) is 4.84 Å². The van der Waals surface area contributed by atoms with Gasteiger partial charge in [0, 0.05) is 0 Å². The molecule has 1 aliphatic heterocycles. The normalized spacial score (nSPS) is 20.1. The maximum atomic E-state index is 5.43. The molecule has 0 fully saturated rings. The van der Waals surface area contributed by atoms with Crippen molar-refractivity contribution in [3.63, 3.8) is 0 Å². The van der Waals surface area contributed by atoms with Gasteiger partial charge in [0.2, 0.25) is 0 Å². The predicted molar refractivity (Wildman–Crippen MR) is 53.3 cm³/mol. The van der Waals surface area contributed by atoms with Gasteiger partial charge in [-0.3, -0.25) is 0 Å². The average Bonchev–Trinajstić information content (AvgIpc) is 2.56. The highest BCUT2D eigenvalue weighted by Crippen LogP contribution is 2.16. The first-order valence-corrected chi connectivity index (χ1v) is 4.63. The zero-order valence-corrected chi connectivity index (χ0v) is 8.31. The summed E-state index contributed by atoms with van der Waals surface area (Å²) in [5, 5.41) is 1.37. The Labute approximate surface area is 83.5 Å². The number of hydrogen-bond acceptors (Lipinski definition) is 3. The molecule has 0 saturated heterocycles. The van der Waals surface area contributed by atoms with Crippen molar-refractivity contribution in [2.24, 2.45) is 0 Å². The van der Waals surface area contributed by atoms with E-state index in [9.17, 15) is 0 Å². The second-order valence-corrected chi connectivity index (χ2v) is 3.34. The number of hydroxylamine groups is 2. The van der Waals surface area contributed by atoms with Crippen LogP contribution in [0, 0.1) is 6.92 Å². The third-order valence-corrected chi connectivity index (χ3v) is 1.97. The van der Waals surface area contributed by atoms with Crippen molar-refractivity contribution in [3.05, 3.63) is 42.1 Å². The van der Waals surface area contributed by atoms with Crippen LogP contribution in [0.5, 0.6) is 5.75 Å². The van der Waals surface area contributed by atoms with Crippen LogP contribution in [-0.4, -0.2) is 11.3 Å². The summed E-state index contributed by atoms with van der Waals surface area (Å²) in [6.07, 6.45) is 3.78. The van der Waals surface area contributed by atoms with Crippen LogP contribution < -0.4 is 4.84 Å². The van der Waals surface area contributed by atoms with Gasteiger partial charge in [-0.2, -0.15) is 0 Å². The van der Waals surface area contributed by atoms with Crippen LogP contribution in [0.1, 0.15) is 12.5 Å². The molecular weight excluding hydrogens is 178 g/mol. The van der Waals surface area contributed by atoms with Crippen LogP contribution >= 0.6 is 0 Å². The van der Waals surface area contributed by atoms with Gasteiger partial charge in [0.25, 0.3) is 0 Å². The second-order valence-electron chi connectivity index (χ2n) is 3.34. The summed E-state index contributed by atoms with van der Waals surface area (Å²) < 4.78 is 0. The first kappa shape index (κ1) is 9.09. The van der Waals surface area contributed by atoms with E-state index < -0.39 is 0 Å². The van der Waals surface area contributed by atoms with Gasteiger partial charge < -0.3 is 4.84 Å². The quantitative estimate of drug-likeness (QED) is 0.716. The van der Waals surface area contributed by atoms with Crippen LogP contribution in [0.25, 0.3) is 0 Å². The Morgan fingerprint density at radius 3 is 2.57 bits per heavy atom. The highest BCUT2D eigenvalue weighted by Gasteiger charge is 2.13. The maximum Gasteiger partial charge on any atom is 0.158 e. The van der Waals surface area contributed by atoms with Gasteiger partial charge in [0.05, 0.1) is 6.20 Å². The standard InChI is InChI=1S/C11H13NO2/c1-9-3-5-11(6-4-9)14-12-8-7-10(2)13-12/h3-8,10H,1-2H3. The molecule has 1 aliphatic rings.